The first-order valence-electron chi connectivity index (χ1n) is 6.08. The second-order valence-electron chi connectivity index (χ2n) is 4.48. The van der Waals surface area contributed by atoms with Crippen molar-refractivity contribution in [1.82, 2.24) is 15.0 Å². The second kappa shape index (κ2) is 5.49. The first-order chi connectivity index (χ1) is 8.19. The van der Waals surface area contributed by atoms with Crippen LogP contribution in [0.15, 0.2) is 0 Å². The first kappa shape index (κ1) is 12.4. The highest BCUT2D eigenvalue weighted by molar-refractivity contribution is 6.28. The summed E-state index contributed by atoms with van der Waals surface area (Å²) in [5.74, 6) is 2.60. The molecule has 1 aromatic rings. The van der Waals surface area contributed by atoms with Gasteiger partial charge in [-0.15, -0.1) is 0 Å². The molecule has 1 heterocycles. The fourth-order valence-corrected chi connectivity index (χ4v) is 1.91. The van der Waals surface area contributed by atoms with E-state index in [1.807, 2.05) is 6.92 Å². The maximum atomic E-state index is 5.83. The lowest BCUT2D eigenvalue weighted by Gasteiger charge is -2.11. The fraction of sp³-hybridized carbons (Fsp3) is 0.727. The summed E-state index contributed by atoms with van der Waals surface area (Å²) in [5, 5.41) is 6.46. The van der Waals surface area contributed by atoms with Crippen molar-refractivity contribution in [3.8, 4) is 0 Å². The Morgan fingerprint density at radius 1 is 1.24 bits per heavy atom. The van der Waals surface area contributed by atoms with Crippen LogP contribution in [0.25, 0.3) is 0 Å². The molecule has 1 aliphatic carbocycles. The molecule has 1 fully saturated rings. The van der Waals surface area contributed by atoms with Crippen molar-refractivity contribution in [1.29, 1.82) is 0 Å². The predicted molar refractivity (Wildman–Crippen MR) is 69.4 cm³/mol. The van der Waals surface area contributed by atoms with Crippen LogP contribution in [0.2, 0.25) is 5.28 Å². The van der Waals surface area contributed by atoms with Crippen LogP contribution in [0.4, 0.5) is 11.9 Å². The minimum atomic E-state index is 0.220. The topological polar surface area (TPSA) is 62.7 Å². The van der Waals surface area contributed by atoms with E-state index in [2.05, 4.69) is 32.5 Å². The molecule has 0 saturated heterocycles. The second-order valence-corrected chi connectivity index (χ2v) is 4.82. The molecular weight excluding hydrogens is 238 g/mol. The molecule has 1 saturated carbocycles. The van der Waals surface area contributed by atoms with Crippen LogP contribution in [0, 0.1) is 11.8 Å². The summed E-state index contributed by atoms with van der Waals surface area (Å²) < 4.78 is 0. The molecule has 0 aromatic carbocycles. The molecule has 2 N–H and O–H groups in total. The smallest absolute Gasteiger partial charge is 0.228 e. The molecule has 2 rings (SSSR count). The molecule has 0 aliphatic heterocycles. The maximum absolute atomic E-state index is 5.83. The van der Waals surface area contributed by atoms with Gasteiger partial charge in [-0.1, -0.05) is 6.92 Å². The number of nitrogens with zero attached hydrogens (tertiary/aromatic N) is 3. The van der Waals surface area contributed by atoms with Crippen LogP contribution < -0.4 is 10.6 Å². The van der Waals surface area contributed by atoms with E-state index >= 15 is 0 Å². The summed E-state index contributed by atoms with van der Waals surface area (Å²) in [7, 11) is 0. The van der Waals surface area contributed by atoms with Crippen molar-refractivity contribution in [3.05, 3.63) is 5.28 Å². The Kier molecular flexibility index (Phi) is 3.99. The van der Waals surface area contributed by atoms with E-state index in [0.717, 1.165) is 19.0 Å². The quantitative estimate of drug-likeness (QED) is 0.817. The monoisotopic (exact) mass is 255 g/mol. The van der Waals surface area contributed by atoms with E-state index in [1.165, 1.54) is 12.8 Å². The largest absolute Gasteiger partial charge is 0.354 e. The highest BCUT2D eigenvalue weighted by atomic mass is 35.5. The van der Waals surface area contributed by atoms with Gasteiger partial charge >= 0.3 is 0 Å². The lowest BCUT2D eigenvalue weighted by molar-refractivity contribution is 0.535. The first-order valence-corrected chi connectivity index (χ1v) is 6.46. The van der Waals surface area contributed by atoms with Crippen LogP contribution >= 0.6 is 11.6 Å². The van der Waals surface area contributed by atoms with E-state index in [0.29, 0.717) is 17.8 Å². The molecule has 1 atom stereocenters. The third-order valence-corrected chi connectivity index (χ3v) is 3.12. The van der Waals surface area contributed by atoms with Gasteiger partial charge in [0, 0.05) is 13.1 Å². The number of hydrogen-bond acceptors (Lipinski definition) is 5. The molecule has 0 bridgehead atoms. The van der Waals surface area contributed by atoms with Crippen molar-refractivity contribution in [2.45, 2.75) is 26.7 Å². The number of rotatable bonds is 6. The van der Waals surface area contributed by atoms with E-state index in [1.54, 1.807) is 0 Å². The van der Waals surface area contributed by atoms with Crippen molar-refractivity contribution in [3.63, 3.8) is 0 Å². The molecule has 1 aliphatic rings. The summed E-state index contributed by atoms with van der Waals surface area (Å²) >= 11 is 5.83. The molecule has 0 spiro atoms. The molecule has 0 amide bonds. The molecule has 17 heavy (non-hydrogen) atoms. The van der Waals surface area contributed by atoms with Gasteiger partial charge in [0.25, 0.3) is 0 Å². The highest BCUT2D eigenvalue weighted by Crippen LogP contribution is 2.36. The van der Waals surface area contributed by atoms with Crippen molar-refractivity contribution in [2.75, 3.05) is 23.7 Å². The molecule has 0 radical (unpaired) electrons. The Bertz CT molecular complexity index is 380. The lowest BCUT2D eigenvalue weighted by Crippen LogP contribution is -2.16. The summed E-state index contributed by atoms with van der Waals surface area (Å²) in [4.78, 5) is 12.3. The number of hydrogen-bond donors (Lipinski definition) is 2. The normalized spacial score (nSPS) is 16.6. The zero-order valence-electron chi connectivity index (χ0n) is 10.2. The van der Waals surface area contributed by atoms with E-state index < -0.39 is 0 Å². The third-order valence-electron chi connectivity index (χ3n) is 2.95. The van der Waals surface area contributed by atoms with E-state index in [4.69, 9.17) is 11.6 Å². The third kappa shape index (κ3) is 3.70. The Morgan fingerprint density at radius 3 is 2.47 bits per heavy atom. The van der Waals surface area contributed by atoms with Crippen LogP contribution in [0.1, 0.15) is 26.7 Å². The Morgan fingerprint density at radius 2 is 1.88 bits per heavy atom. The fourth-order valence-electron chi connectivity index (χ4n) is 1.75. The molecular formula is C11H18ClN5. The van der Waals surface area contributed by atoms with Gasteiger partial charge in [0.15, 0.2) is 0 Å². The lowest BCUT2D eigenvalue weighted by atomic mass is 10.1. The van der Waals surface area contributed by atoms with E-state index in [9.17, 15) is 0 Å². The van der Waals surface area contributed by atoms with Gasteiger partial charge in [0.2, 0.25) is 17.2 Å². The minimum Gasteiger partial charge on any atom is -0.354 e. The number of nitrogens with one attached hydrogen (secondary N) is 2. The van der Waals surface area contributed by atoms with Gasteiger partial charge in [-0.25, -0.2) is 0 Å². The molecule has 1 aromatic heterocycles. The van der Waals surface area contributed by atoms with Crippen molar-refractivity contribution >= 4 is 23.5 Å². The summed E-state index contributed by atoms with van der Waals surface area (Å²) in [6, 6.07) is 0. The summed E-state index contributed by atoms with van der Waals surface area (Å²) in [5.41, 5.74) is 0. The van der Waals surface area contributed by atoms with Crippen LogP contribution in [-0.4, -0.2) is 28.0 Å². The highest BCUT2D eigenvalue weighted by Gasteiger charge is 2.27. The number of aromatic nitrogens is 3. The van der Waals surface area contributed by atoms with Gasteiger partial charge in [-0.2, -0.15) is 15.0 Å². The van der Waals surface area contributed by atoms with Gasteiger partial charge in [0.1, 0.15) is 0 Å². The molecule has 94 valence electrons. The zero-order chi connectivity index (χ0) is 12.3. The maximum Gasteiger partial charge on any atom is 0.228 e. The predicted octanol–water partition coefficient (Wildman–Crippen LogP) is 2.41. The SMILES string of the molecule is CCNc1nc(Cl)nc(NCC(C)C2CC2)n1. The number of halogens is 1. The average Bonchev–Trinajstić information content (AvgIpc) is 3.09. The van der Waals surface area contributed by atoms with Crippen molar-refractivity contribution < 1.29 is 0 Å². The molecule has 1 unspecified atom stereocenters. The van der Waals surface area contributed by atoms with Gasteiger partial charge in [-0.3, -0.25) is 0 Å². The van der Waals surface area contributed by atoms with Crippen LogP contribution in [-0.2, 0) is 0 Å². The Hall–Kier alpha value is -1.10. The standard InChI is InChI=1S/C11H18ClN5/c1-3-13-10-15-9(12)16-11(17-10)14-6-7(2)8-4-5-8/h7-8H,3-6H2,1-2H3,(H2,13,14,15,16,17). The van der Waals surface area contributed by atoms with Gasteiger partial charge < -0.3 is 10.6 Å². The van der Waals surface area contributed by atoms with Gasteiger partial charge in [0.05, 0.1) is 0 Å². The van der Waals surface area contributed by atoms with Gasteiger partial charge in [-0.05, 0) is 43.2 Å². The van der Waals surface area contributed by atoms with Crippen LogP contribution in [0.5, 0.6) is 0 Å². The van der Waals surface area contributed by atoms with Crippen LogP contribution in [0.3, 0.4) is 0 Å². The Balaban J connectivity index is 1.94. The molecule has 5 nitrogen and oxygen atoms in total. The summed E-state index contributed by atoms with van der Waals surface area (Å²) in [6.07, 6.45) is 2.70. The molecule has 6 heteroatoms. The summed E-state index contributed by atoms with van der Waals surface area (Å²) in [6.45, 7) is 5.88. The van der Waals surface area contributed by atoms with E-state index in [-0.39, 0.29) is 5.28 Å². The Labute approximate surface area is 106 Å². The number of anilines is 2. The minimum absolute atomic E-state index is 0.220. The zero-order valence-corrected chi connectivity index (χ0v) is 11.0. The average molecular weight is 256 g/mol. The van der Waals surface area contributed by atoms with Crippen molar-refractivity contribution in [2.24, 2.45) is 11.8 Å².